The molecule has 5 rings (SSSR count). The second-order valence-corrected chi connectivity index (χ2v) is 9.70. The fourth-order valence-electron chi connectivity index (χ4n) is 5.25. The van der Waals surface area contributed by atoms with Gasteiger partial charge in [0.25, 0.3) is 5.91 Å². The Hall–Kier alpha value is -3.19. The Morgan fingerprint density at radius 2 is 1.82 bits per heavy atom. The van der Waals surface area contributed by atoms with Crippen molar-refractivity contribution in [1.82, 2.24) is 20.1 Å². The van der Waals surface area contributed by atoms with Crippen LogP contribution in [0.5, 0.6) is 0 Å². The third kappa shape index (κ3) is 4.44. The highest BCUT2D eigenvalue weighted by Gasteiger charge is 2.49. The molecule has 2 heterocycles. The molecule has 34 heavy (non-hydrogen) atoms. The summed E-state index contributed by atoms with van der Waals surface area (Å²) in [7, 11) is 0. The summed E-state index contributed by atoms with van der Waals surface area (Å²) in [5.41, 5.74) is 3.80. The van der Waals surface area contributed by atoms with E-state index in [1.807, 2.05) is 38.1 Å². The Labute approximate surface area is 203 Å². The molecule has 2 saturated carbocycles. The number of benzene rings is 1. The third-order valence-electron chi connectivity index (χ3n) is 7.10. The Bertz CT molecular complexity index is 1190. The minimum absolute atomic E-state index is 0.141. The van der Waals surface area contributed by atoms with Crippen molar-refractivity contribution in [3.8, 4) is 11.1 Å². The van der Waals surface area contributed by atoms with Gasteiger partial charge in [-0.25, -0.2) is 0 Å². The largest absolute Gasteiger partial charge is 0.339 e. The number of carbonyl (C=O) groups excluding carboxylic acids is 2. The predicted molar refractivity (Wildman–Crippen MR) is 132 cm³/mol. The van der Waals surface area contributed by atoms with Crippen LogP contribution in [-0.2, 0) is 11.3 Å². The van der Waals surface area contributed by atoms with Crippen LogP contribution in [0.3, 0.4) is 0 Å². The summed E-state index contributed by atoms with van der Waals surface area (Å²) >= 11 is 6.37. The van der Waals surface area contributed by atoms with E-state index in [1.54, 1.807) is 29.2 Å². The van der Waals surface area contributed by atoms with Gasteiger partial charge in [0.05, 0.1) is 5.02 Å². The van der Waals surface area contributed by atoms with Gasteiger partial charge in [-0.1, -0.05) is 23.7 Å². The maximum Gasteiger partial charge on any atom is 0.270 e. The van der Waals surface area contributed by atoms with E-state index in [9.17, 15) is 9.59 Å². The van der Waals surface area contributed by atoms with E-state index in [-0.39, 0.29) is 17.7 Å². The number of aryl methyl sites for hydroxylation is 2. The number of carbonyl (C=O) groups is 2. The van der Waals surface area contributed by atoms with Crippen molar-refractivity contribution in [1.29, 1.82) is 0 Å². The fraction of sp³-hybridized carbons (Fsp3) is 0.385. The zero-order valence-corrected chi connectivity index (χ0v) is 20.0. The second kappa shape index (κ2) is 9.22. The number of halogens is 1. The van der Waals surface area contributed by atoms with Gasteiger partial charge in [0.2, 0.25) is 5.91 Å². The average Bonchev–Trinajstić information content (AvgIpc) is 3.21. The first kappa shape index (κ1) is 22.6. The standard InChI is InChI=1S/C26H28ClN5O2/c1-3-32-22(9-11-29-32)25(33)31-24(19-13-17-12-18(17)14-19)26(34)30-20-6-4-16(5-7-20)23-15(2)28-10-8-21(23)27/h4-11,17-19,24H,3,12-14H2,1-2H3,(H,30,34)(H,31,33). The number of pyridine rings is 1. The lowest BCUT2D eigenvalue weighted by atomic mass is 9.93. The number of rotatable bonds is 7. The van der Waals surface area contributed by atoms with Crippen molar-refractivity contribution in [2.45, 2.75) is 45.7 Å². The van der Waals surface area contributed by atoms with Crippen molar-refractivity contribution in [2.24, 2.45) is 17.8 Å². The van der Waals surface area contributed by atoms with E-state index in [0.717, 1.165) is 29.7 Å². The highest BCUT2D eigenvalue weighted by molar-refractivity contribution is 6.33. The molecule has 8 heteroatoms. The van der Waals surface area contributed by atoms with E-state index >= 15 is 0 Å². The van der Waals surface area contributed by atoms with Crippen molar-refractivity contribution in [3.63, 3.8) is 0 Å². The summed E-state index contributed by atoms with van der Waals surface area (Å²) < 4.78 is 1.64. The molecule has 176 valence electrons. The van der Waals surface area contributed by atoms with E-state index < -0.39 is 6.04 Å². The molecule has 2 N–H and O–H groups in total. The van der Waals surface area contributed by atoms with Crippen molar-refractivity contribution < 1.29 is 9.59 Å². The van der Waals surface area contributed by atoms with E-state index in [1.165, 1.54) is 6.42 Å². The molecule has 7 nitrogen and oxygen atoms in total. The summed E-state index contributed by atoms with van der Waals surface area (Å²) in [6.07, 6.45) is 6.50. The molecule has 2 aliphatic carbocycles. The van der Waals surface area contributed by atoms with Gasteiger partial charge in [-0.3, -0.25) is 19.3 Å². The zero-order chi connectivity index (χ0) is 23.8. The molecule has 0 saturated heterocycles. The van der Waals surface area contributed by atoms with E-state index in [0.29, 0.717) is 34.8 Å². The molecule has 0 spiro atoms. The Morgan fingerprint density at radius 3 is 2.50 bits per heavy atom. The number of aromatic nitrogens is 3. The average molecular weight is 478 g/mol. The molecule has 3 aromatic rings. The number of hydrogen-bond donors (Lipinski definition) is 2. The Morgan fingerprint density at radius 1 is 1.09 bits per heavy atom. The van der Waals surface area contributed by atoms with Crippen LogP contribution < -0.4 is 10.6 Å². The quantitative estimate of drug-likeness (QED) is 0.515. The minimum atomic E-state index is -0.588. The molecule has 0 aliphatic heterocycles. The lowest BCUT2D eigenvalue weighted by Crippen LogP contribution is -2.48. The third-order valence-corrected chi connectivity index (χ3v) is 7.41. The number of nitrogens with one attached hydrogen (secondary N) is 2. The van der Waals surface area contributed by atoms with E-state index in [2.05, 4.69) is 20.7 Å². The van der Waals surface area contributed by atoms with Crippen LogP contribution in [0.15, 0.2) is 48.8 Å². The number of fused-ring (bicyclic) bond motifs is 1. The predicted octanol–water partition coefficient (Wildman–Crippen LogP) is 4.71. The van der Waals surface area contributed by atoms with Crippen LogP contribution in [0.1, 0.15) is 42.4 Å². The van der Waals surface area contributed by atoms with E-state index in [4.69, 9.17) is 11.6 Å². The van der Waals surface area contributed by atoms with Crippen LogP contribution in [0.25, 0.3) is 11.1 Å². The topological polar surface area (TPSA) is 88.9 Å². The summed E-state index contributed by atoms with van der Waals surface area (Å²) in [6.45, 7) is 4.44. The maximum atomic E-state index is 13.4. The molecule has 2 aromatic heterocycles. The maximum absolute atomic E-state index is 13.4. The van der Waals surface area contributed by atoms with Crippen LogP contribution in [0.2, 0.25) is 5.02 Å². The van der Waals surface area contributed by atoms with Gasteiger partial charge in [-0.05, 0) is 80.7 Å². The van der Waals surface area contributed by atoms with Gasteiger partial charge >= 0.3 is 0 Å². The van der Waals surface area contributed by atoms with Crippen molar-refractivity contribution in [3.05, 3.63) is 65.2 Å². The number of hydrogen-bond acceptors (Lipinski definition) is 4. The zero-order valence-electron chi connectivity index (χ0n) is 19.3. The minimum Gasteiger partial charge on any atom is -0.339 e. The lowest BCUT2D eigenvalue weighted by molar-refractivity contribution is -0.119. The van der Waals surface area contributed by atoms with Crippen LogP contribution in [0, 0.1) is 24.7 Å². The summed E-state index contributed by atoms with van der Waals surface area (Å²) in [5, 5.41) is 10.8. The molecular formula is C26H28ClN5O2. The van der Waals surface area contributed by atoms with Gasteiger partial charge in [0.1, 0.15) is 11.7 Å². The number of amides is 2. The van der Waals surface area contributed by atoms with Gasteiger partial charge in [0, 0.05) is 35.9 Å². The highest BCUT2D eigenvalue weighted by atomic mass is 35.5. The molecule has 1 aromatic carbocycles. The first-order valence-electron chi connectivity index (χ1n) is 11.8. The Balaban J connectivity index is 1.33. The molecule has 3 atom stereocenters. The van der Waals surface area contributed by atoms with Gasteiger partial charge in [0.15, 0.2) is 0 Å². The molecule has 0 bridgehead atoms. The molecule has 3 unspecified atom stereocenters. The normalized spacial score (nSPS) is 21.6. The number of nitrogens with zero attached hydrogens (tertiary/aromatic N) is 3. The molecule has 2 amide bonds. The summed E-state index contributed by atoms with van der Waals surface area (Å²) in [5.74, 6) is 1.08. The first-order chi connectivity index (χ1) is 16.4. The Kier molecular flexibility index (Phi) is 6.13. The van der Waals surface area contributed by atoms with Crippen LogP contribution >= 0.6 is 11.6 Å². The molecular weight excluding hydrogens is 450 g/mol. The van der Waals surface area contributed by atoms with Gasteiger partial charge in [-0.15, -0.1) is 0 Å². The van der Waals surface area contributed by atoms with Gasteiger partial charge < -0.3 is 10.6 Å². The fourth-order valence-corrected chi connectivity index (χ4v) is 5.55. The molecule has 2 aliphatic rings. The first-order valence-corrected chi connectivity index (χ1v) is 12.2. The monoisotopic (exact) mass is 477 g/mol. The molecule has 2 fully saturated rings. The smallest absolute Gasteiger partial charge is 0.270 e. The summed E-state index contributed by atoms with van der Waals surface area (Å²) in [4.78, 5) is 30.7. The van der Waals surface area contributed by atoms with Crippen LogP contribution in [0.4, 0.5) is 5.69 Å². The van der Waals surface area contributed by atoms with Crippen LogP contribution in [-0.4, -0.2) is 32.6 Å². The number of anilines is 1. The van der Waals surface area contributed by atoms with Gasteiger partial charge in [-0.2, -0.15) is 5.10 Å². The second-order valence-electron chi connectivity index (χ2n) is 9.29. The highest BCUT2D eigenvalue weighted by Crippen LogP contribution is 2.55. The summed E-state index contributed by atoms with van der Waals surface area (Å²) in [6, 6.07) is 10.4. The lowest BCUT2D eigenvalue weighted by Gasteiger charge is -2.25. The van der Waals surface area contributed by atoms with Crippen molar-refractivity contribution in [2.75, 3.05) is 5.32 Å². The SMILES string of the molecule is CCn1nccc1C(=O)NC(C(=O)Nc1ccc(-c2c(Cl)ccnc2C)cc1)C1CC2CC2C1. The van der Waals surface area contributed by atoms with Crippen molar-refractivity contribution >= 4 is 29.1 Å². The molecule has 0 radical (unpaired) electrons.